The number of nitrogens with zero attached hydrogens (tertiary/aromatic N) is 2. The number of sulfonamides is 1. The molecule has 2 aromatic rings. The smallest absolute Gasteiger partial charge is 0.248 e. The van der Waals surface area contributed by atoms with Gasteiger partial charge in [-0.15, -0.1) is 11.3 Å². The monoisotopic (exact) mass is 285 g/mol. The third-order valence-electron chi connectivity index (χ3n) is 2.34. The highest BCUT2D eigenvalue weighted by Crippen LogP contribution is 2.12. The summed E-state index contributed by atoms with van der Waals surface area (Å²) in [6.45, 7) is 0.139. The molecular weight excluding hydrogens is 274 g/mol. The molecule has 2 aromatic heterocycles. The molecule has 0 atom stereocenters. The number of aromatic amines is 1. The molecule has 6 nitrogen and oxygen atoms in total. The van der Waals surface area contributed by atoms with Gasteiger partial charge in [-0.05, 0) is 0 Å². The van der Waals surface area contributed by atoms with E-state index in [1.54, 1.807) is 10.9 Å². The Morgan fingerprint density at radius 3 is 2.89 bits per heavy atom. The first kappa shape index (κ1) is 12.9. The van der Waals surface area contributed by atoms with Gasteiger partial charge < -0.3 is 4.98 Å². The highest BCUT2D eigenvalue weighted by atomic mass is 32.2. The number of thiazole rings is 1. The fourth-order valence-electron chi connectivity index (χ4n) is 1.40. The molecule has 0 aliphatic carbocycles. The number of hydrogen-bond donors (Lipinski definition) is 1. The maximum absolute atomic E-state index is 12.2. The van der Waals surface area contributed by atoms with E-state index in [0.717, 1.165) is 4.31 Å². The molecule has 0 spiro atoms. The second-order valence-electron chi connectivity index (χ2n) is 3.61. The summed E-state index contributed by atoms with van der Waals surface area (Å²) in [5, 5.41) is 1.77. The zero-order valence-corrected chi connectivity index (χ0v) is 11.2. The summed E-state index contributed by atoms with van der Waals surface area (Å²) < 4.78 is 25.4. The largest absolute Gasteiger partial charge is 0.366 e. The topological polar surface area (TPSA) is 83.1 Å². The van der Waals surface area contributed by atoms with Crippen LogP contribution in [-0.4, -0.2) is 29.7 Å². The lowest BCUT2D eigenvalue weighted by Crippen LogP contribution is -2.30. The van der Waals surface area contributed by atoms with E-state index in [9.17, 15) is 13.2 Å². The molecule has 2 rings (SSSR count). The van der Waals surface area contributed by atoms with Gasteiger partial charge in [0.25, 0.3) is 0 Å². The van der Waals surface area contributed by atoms with Gasteiger partial charge in [0, 0.05) is 30.9 Å². The summed E-state index contributed by atoms with van der Waals surface area (Å²) >= 11 is 1.39. The lowest BCUT2D eigenvalue weighted by Gasteiger charge is -2.15. The maximum atomic E-state index is 12.2. The molecule has 0 aliphatic rings. The average molecular weight is 285 g/mol. The SMILES string of the molecule is CN(Cc1cscn1)S(=O)(=O)c1c[nH]ccc1=O. The van der Waals surface area contributed by atoms with Crippen molar-refractivity contribution < 1.29 is 8.42 Å². The van der Waals surface area contributed by atoms with Crippen LogP contribution in [0.15, 0.2) is 39.0 Å². The molecule has 0 fully saturated rings. The molecule has 0 bridgehead atoms. The summed E-state index contributed by atoms with van der Waals surface area (Å²) in [5.74, 6) is 0. The van der Waals surface area contributed by atoms with Crippen LogP contribution in [0.4, 0.5) is 0 Å². The van der Waals surface area contributed by atoms with E-state index in [-0.39, 0.29) is 11.4 Å². The number of hydrogen-bond acceptors (Lipinski definition) is 5. The van der Waals surface area contributed by atoms with E-state index in [4.69, 9.17) is 0 Å². The Morgan fingerprint density at radius 2 is 2.28 bits per heavy atom. The molecule has 0 radical (unpaired) electrons. The Hall–Kier alpha value is -1.51. The van der Waals surface area contributed by atoms with E-state index < -0.39 is 15.5 Å². The summed E-state index contributed by atoms with van der Waals surface area (Å²) in [6.07, 6.45) is 2.58. The molecule has 2 heterocycles. The minimum absolute atomic E-state index is 0.139. The van der Waals surface area contributed by atoms with Crippen molar-refractivity contribution in [3.8, 4) is 0 Å². The zero-order chi connectivity index (χ0) is 13.2. The van der Waals surface area contributed by atoms with Crippen LogP contribution >= 0.6 is 11.3 Å². The second-order valence-corrected chi connectivity index (χ2v) is 6.35. The van der Waals surface area contributed by atoms with Crippen molar-refractivity contribution in [2.24, 2.45) is 0 Å². The molecule has 0 amide bonds. The van der Waals surface area contributed by atoms with Crippen LogP contribution in [-0.2, 0) is 16.6 Å². The molecule has 0 aliphatic heterocycles. The van der Waals surface area contributed by atoms with Gasteiger partial charge in [0.1, 0.15) is 4.90 Å². The van der Waals surface area contributed by atoms with Crippen LogP contribution in [0.25, 0.3) is 0 Å². The number of nitrogens with one attached hydrogen (secondary N) is 1. The lowest BCUT2D eigenvalue weighted by atomic mass is 10.5. The third-order valence-corrected chi connectivity index (χ3v) is 4.80. The molecule has 0 aromatic carbocycles. The Balaban J connectivity index is 2.32. The Labute approximate surface area is 108 Å². The van der Waals surface area contributed by atoms with Crippen molar-refractivity contribution in [2.45, 2.75) is 11.4 Å². The highest BCUT2D eigenvalue weighted by Gasteiger charge is 2.24. The highest BCUT2D eigenvalue weighted by molar-refractivity contribution is 7.89. The van der Waals surface area contributed by atoms with Gasteiger partial charge in [-0.2, -0.15) is 4.31 Å². The predicted molar refractivity (Wildman–Crippen MR) is 67.8 cm³/mol. The van der Waals surface area contributed by atoms with E-state index in [1.165, 1.54) is 36.8 Å². The van der Waals surface area contributed by atoms with Gasteiger partial charge in [0.05, 0.1) is 17.7 Å². The van der Waals surface area contributed by atoms with Crippen LogP contribution in [0.5, 0.6) is 0 Å². The van der Waals surface area contributed by atoms with Gasteiger partial charge in [0.15, 0.2) is 0 Å². The van der Waals surface area contributed by atoms with Crippen molar-refractivity contribution in [3.05, 3.63) is 45.3 Å². The molecule has 1 N–H and O–H groups in total. The standard InChI is InChI=1S/C10H11N3O3S2/c1-13(5-8-6-17-7-12-8)18(15,16)10-4-11-3-2-9(10)14/h2-4,6-7H,5H2,1H3,(H,11,14). The van der Waals surface area contributed by atoms with Crippen LogP contribution < -0.4 is 5.43 Å². The number of H-pyrrole nitrogens is 1. The number of aromatic nitrogens is 2. The van der Waals surface area contributed by atoms with Crippen molar-refractivity contribution in [1.29, 1.82) is 0 Å². The minimum atomic E-state index is -3.79. The number of pyridine rings is 1. The number of rotatable bonds is 4. The zero-order valence-electron chi connectivity index (χ0n) is 9.53. The molecule has 0 saturated carbocycles. The van der Waals surface area contributed by atoms with Crippen molar-refractivity contribution in [2.75, 3.05) is 7.05 Å². The molecule has 0 saturated heterocycles. The summed E-state index contributed by atoms with van der Waals surface area (Å²) in [6, 6.07) is 1.18. The van der Waals surface area contributed by atoms with Gasteiger partial charge in [-0.25, -0.2) is 13.4 Å². The van der Waals surface area contributed by atoms with Crippen molar-refractivity contribution >= 4 is 21.4 Å². The first-order valence-corrected chi connectivity index (χ1v) is 7.40. The second kappa shape index (κ2) is 5.01. The summed E-state index contributed by atoms with van der Waals surface area (Å²) in [7, 11) is -2.37. The van der Waals surface area contributed by atoms with Crippen LogP contribution in [0.1, 0.15) is 5.69 Å². The maximum Gasteiger partial charge on any atom is 0.248 e. The molecule has 96 valence electrons. The Kier molecular flexibility index (Phi) is 3.60. The fraction of sp³-hybridized carbons (Fsp3) is 0.200. The molecule has 18 heavy (non-hydrogen) atoms. The quantitative estimate of drug-likeness (QED) is 0.894. The molecule has 0 unspecified atom stereocenters. The third kappa shape index (κ3) is 2.50. The van der Waals surface area contributed by atoms with Crippen molar-refractivity contribution in [1.82, 2.24) is 14.3 Å². The molecule has 8 heteroatoms. The predicted octanol–water partition coefficient (Wildman–Crippen LogP) is 0.652. The van der Waals surface area contributed by atoms with Gasteiger partial charge in [-0.3, -0.25) is 4.79 Å². The van der Waals surface area contributed by atoms with Gasteiger partial charge >= 0.3 is 0 Å². The minimum Gasteiger partial charge on any atom is -0.366 e. The van der Waals surface area contributed by atoms with E-state index in [1.807, 2.05) is 0 Å². The van der Waals surface area contributed by atoms with Crippen LogP contribution in [0.2, 0.25) is 0 Å². The lowest BCUT2D eigenvalue weighted by molar-refractivity contribution is 0.462. The van der Waals surface area contributed by atoms with Gasteiger partial charge in [-0.1, -0.05) is 0 Å². The summed E-state index contributed by atoms with van der Waals surface area (Å²) in [5.41, 5.74) is 1.75. The van der Waals surface area contributed by atoms with Gasteiger partial charge in [0.2, 0.25) is 15.5 Å². The van der Waals surface area contributed by atoms with Crippen LogP contribution in [0, 0.1) is 0 Å². The average Bonchev–Trinajstić information content (AvgIpc) is 2.82. The fourth-order valence-corrected chi connectivity index (χ4v) is 3.13. The Bertz CT molecular complexity index is 676. The Morgan fingerprint density at radius 1 is 1.50 bits per heavy atom. The summed E-state index contributed by atoms with van der Waals surface area (Å²) in [4.78, 5) is 17.9. The normalized spacial score (nSPS) is 11.9. The molecular formula is C10H11N3O3S2. The van der Waals surface area contributed by atoms with E-state index in [0.29, 0.717) is 5.69 Å². The van der Waals surface area contributed by atoms with Crippen LogP contribution in [0.3, 0.4) is 0 Å². The van der Waals surface area contributed by atoms with Crippen molar-refractivity contribution in [3.63, 3.8) is 0 Å². The van der Waals surface area contributed by atoms with E-state index in [2.05, 4.69) is 9.97 Å². The first-order chi connectivity index (χ1) is 8.51. The van der Waals surface area contributed by atoms with E-state index >= 15 is 0 Å². The first-order valence-electron chi connectivity index (χ1n) is 5.02.